The molecule has 1 aliphatic rings. The summed E-state index contributed by atoms with van der Waals surface area (Å²) in [5.41, 5.74) is 0.626. The highest BCUT2D eigenvalue weighted by atomic mass is 19.1. The van der Waals surface area contributed by atoms with Crippen molar-refractivity contribution in [2.24, 2.45) is 4.99 Å². The van der Waals surface area contributed by atoms with Crippen LogP contribution >= 0.6 is 0 Å². The van der Waals surface area contributed by atoms with E-state index in [-0.39, 0.29) is 24.3 Å². The van der Waals surface area contributed by atoms with Crippen molar-refractivity contribution >= 4 is 12.2 Å². The number of nitrogens with zero attached hydrogens (tertiary/aromatic N) is 4. The minimum atomic E-state index is -0.641. The van der Waals surface area contributed by atoms with Gasteiger partial charge in [0, 0.05) is 13.1 Å². The van der Waals surface area contributed by atoms with E-state index in [0.717, 1.165) is 6.20 Å². The number of hydrogen-bond acceptors (Lipinski definition) is 5. The lowest BCUT2D eigenvalue weighted by molar-refractivity contribution is 0.0701. The summed E-state index contributed by atoms with van der Waals surface area (Å²) < 4.78 is 37.5. The Morgan fingerprint density at radius 2 is 2.12 bits per heavy atom. The Kier molecular flexibility index (Phi) is 5.27. The third-order valence-electron chi connectivity index (χ3n) is 3.35. The minimum absolute atomic E-state index is 0.0187. The highest BCUT2D eigenvalue weighted by molar-refractivity contribution is 5.60. The molecule has 0 unspecified atom stereocenters. The molecule has 2 aromatic rings. The van der Waals surface area contributed by atoms with E-state index >= 15 is 0 Å². The van der Waals surface area contributed by atoms with Crippen LogP contribution in [-0.4, -0.2) is 47.5 Å². The minimum Gasteiger partial charge on any atom is -0.459 e. The molecule has 2 heterocycles. The summed E-state index contributed by atoms with van der Waals surface area (Å²) in [5.74, 6) is -1.10. The van der Waals surface area contributed by atoms with E-state index in [4.69, 9.17) is 9.47 Å². The number of hydrogen-bond donors (Lipinski definition) is 0. The van der Waals surface area contributed by atoms with E-state index in [9.17, 15) is 8.78 Å². The Morgan fingerprint density at radius 3 is 2.92 bits per heavy atom. The van der Waals surface area contributed by atoms with Gasteiger partial charge in [0.05, 0.1) is 25.7 Å². The summed E-state index contributed by atoms with van der Waals surface area (Å²) in [6.45, 7) is 2.69. The van der Waals surface area contributed by atoms with Gasteiger partial charge in [-0.15, -0.1) is 0 Å². The molecule has 0 spiro atoms. The molecule has 1 saturated heterocycles. The first kappa shape index (κ1) is 16.3. The summed E-state index contributed by atoms with van der Waals surface area (Å²) in [4.78, 5) is 13.7. The van der Waals surface area contributed by atoms with Gasteiger partial charge in [-0.25, -0.2) is 18.8 Å². The predicted molar refractivity (Wildman–Crippen MR) is 83.3 cm³/mol. The van der Waals surface area contributed by atoms with Crippen LogP contribution in [0.2, 0.25) is 0 Å². The van der Waals surface area contributed by atoms with E-state index in [1.54, 1.807) is 12.1 Å². The smallest absolute Gasteiger partial charge is 0.318 e. The molecule has 0 radical (unpaired) electrons. The Labute approximate surface area is 137 Å². The van der Waals surface area contributed by atoms with E-state index < -0.39 is 5.82 Å². The Morgan fingerprint density at radius 1 is 1.29 bits per heavy atom. The highest BCUT2D eigenvalue weighted by Crippen LogP contribution is 2.17. The van der Waals surface area contributed by atoms with Crippen LogP contribution < -0.4 is 4.74 Å². The zero-order valence-corrected chi connectivity index (χ0v) is 12.9. The summed E-state index contributed by atoms with van der Waals surface area (Å²) in [7, 11) is 0. The number of aliphatic imine (C=N–C) groups is 1. The molecule has 3 rings (SSSR count). The lowest BCUT2D eigenvalue weighted by Gasteiger charge is -2.23. The third kappa shape index (κ3) is 4.45. The van der Waals surface area contributed by atoms with Crippen LogP contribution in [0, 0.1) is 11.6 Å². The van der Waals surface area contributed by atoms with Crippen molar-refractivity contribution in [1.29, 1.82) is 0 Å². The van der Waals surface area contributed by atoms with Gasteiger partial charge in [0.15, 0.2) is 11.6 Å². The summed E-state index contributed by atoms with van der Waals surface area (Å²) in [6.07, 6.45) is 2.53. The maximum atomic E-state index is 13.8. The summed E-state index contributed by atoms with van der Waals surface area (Å²) in [5, 5.41) is 0. The molecule has 1 fully saturated rings. The van der Waals surface area contributed by atoms with Crippen molar-refractivity contribution in [2.75, 3.05) is 26.3 Å². The van der Waals surface area contributed by atoms with Gasteiger partial charge < -0.3 is 14.4 Å². The van der Waals surface area contributed by atoms with E-state index in [2.05, 4.69) is 15.0 Å². The molecule has 1 aromatic carbocycles. The highest BCUT2D eigenvalue weighted by Gasteiger charge is 2.09. The van der Waals surface area contributed by atoms with Crippen LogP contribution in [0.3, 0.4) is 0 Å². The Hall–Kier alpha value is -2.61. The molecule has 1 aromatic heterocycles. The monoisotopic (exact) mass is 334 g/mol. The SMILES string of the molecule is Fc1cccc(COc2ncc(F)c(N=CN3CCOCC3)n2)c1. The van der Waals surface area contributed by atoms with Gasteiger partial charge in [-0.05, 0) is 17.7 Å². The number of morpholine rings is 1. The predicted octanol–water partition coefficient (Wildman–Crippen LogP) is 2.33. The first-order valence-electron chi connectivity index (χ1n) is 7.46. The maximum absolute atomic E-state index is 13.8. The Bertz CT molecular complexity index is 721. The fourth-order valence-corrected chi connectivity index (χ4v) is 2.11. The maximum Gasteiger partial charge on any atom is 0.318 e. The summed E-state index contributed by atoms with van der Waals surface area (Å²) in [6, 6.07) is 5.97. The number of aromatic nitrogens is 2. The van der Waals surface area contributed by atoms with Crippen LogP contribution in [0.4, 0.5) is 14.6 Å². The Balaban J connectivity index is 1.65. The van der Waals surface area contributed by atoms with Gasteiger partial charge in [0.1, 0.15) is 12.4 Å². The van der Waals surface area contributed by atoms with Crippen molar-refractivity contribution < 1.29 is 18.3 Å². The molecule has 0 atom stereocenters. The molecule has 8 heteroatoms. The molecule has 0 amide bonds. The van der Waals surface area contributed by atoms with Crippen LogP contribution in [0.1, 0.15) is 5.56 Å². The van der Waals surface area contributed by atoms with E-state index in [1.165, 1.54) is 18.5 Å². The van der Waals surface area contributed by atoms with Gasteiger partial charge >= 0.3 is 6.01 Å². The second-order valence-electron chi connectivity index (χ2n) is 5.14. The van der Waals surface area contributed by atoms with E-state index in [0.29, 0.717) is 31.9 Å². The second kappa shape index (κ2) is 7.78. The quantitative estimate of drug-likeness (QED) is 0.620. The van der Waals surface area contributed by atoms with Gasteiger partial charge in [0.2, 0.25) is 0 Å². The van der Waals surface area contributed by atoms with Crippen molar-refractivity contribution in [3.63, 3.8) is 0 Å². The van der Waals surface area contributed by atoms with Crippen molar-refractivity contribution in [1.82, 2.24) is 14.9 Å². The van der Waals surface area contributed by atoms with Crippen molar-refractivity contribution in [2.45, 2.75) is 6.61 Å². The van der Waals surface area contributed by atoms with Crippen LogP contribution in [0.15, 0.2) is 35.5 Å². The van der Waals surface area contributed by atoms with Gasteiger partial charge in [-0.3, -0.25) is 0 Å². The number of ether oxygens (including phenoxy) is 2. The number of benzene rings is 1. The molecular weight excluding hydrogens is 318 g/mol. The number of halogens is 2. The molecule has 0 aliphatic carbocycles. The average Bonchev–Trinajstić information content (AvgIpc) is 2.61. The van der Waals surface area contributed by atoms with Crippen LogP contribution in [-0.2, 0) is 11.3 Å². The second-order valence-corrected chi connectivity index (χ2v) is 5.14. The molecule has 0 N–H and O–H groups in total. The van der Waals surface area contributed by atoms with Gasteiger partial charge in [-0.2, -0.15) is 4.98 Å². The lowest BCUT2D eigenvalue weighted by atomic mass is 10.2. The zero-order valence-electron chi connectivity index (χ0n) is 12.9. The van der Waals surface area contributed by atoms with Crippen LogP contribution in [0.25, 0.3) is 0 Å². The summed E-state index contributed by atoms with van der Waals surface area (Å²) >= 11 is 0. The van der Waals surface area contributed by atoms with E-state index in [1.807, 2.05) is 4.90 Å². The normalized spacial score (nSPS) is 15.0. The fraction of sp³-hybridized carbons (Fsp3) is 0.312. The van der Waals surface area contributed by atoms with Gasteiger partial charge in [0.25, 0.3) is 0 Å². The molecule has 0 bridgehead atoms. The number of rotatable bonds is 5. The molecule has 126 valence electrons. The topological polar surface area (TPSA) is 59.8 Å². The average molecular weight is 334 g/mol. The first-order valence-corrected chi connectivity index (χ1v) is 7.46. The van der Waals surface area contributed by atoms with Crippen LogP contribution in [0.5, 0.6) is 6.01 Å². The molecule has 1 aliphatic heterocycles. The largest absolute Gasteiger partial charge is 0.459 e. The standard InChI is InChI=1S/C16H16F2N4O2/c17-13-3-1-2-12(8-13)10-24-16-19-9-14(18)15(21-16)20-11-22-4-6-23-7-5-22/h1-3,8-9,11H,4-7,10H2. The lowest BCUT2D eigenvalue weighted by Crippen LogP contribution is -2.35. The third-order valence-corrected chi connectivity index (χ3v) is 3.35. The van der Waals surface area contributed by atoms with Gasteiger partial charge in [-0.1, -0.05) is 12.1 Å². The molecule has 6 nitrogen and oxygen atoms in total. The molecule has 0 saturated carbocycles. The van der Waals surface area contributed by atoms with Crippen molar-refractivity contribution in [3.05, 3.63) is 47.7 Å². The molecular formula is C16H16F2N4O2. The van der Waals surface area contributed by atoms with Crippen molar-refractivity contribution in [3.8, 4) is 6.01 Å². The zero-order chi connectivity index (χ0) is 16.8. The molecule has 24 heavy (non-hydrogen) atoms. The fourth-order valence-electron chi connectivity index (χ4n) is 2.11. The first-order chi connectivity index (χ1) is 11.7.